The van der Waals surface area contributed by atoms with Crippen molar-refractivity contribution < 1.29 is 4.74 Å². The van der Waals surface area contributed by atoms with Crippen molar-refractivity contribution in [3.05, 3.63) is 29.6 Å². The largest absolute Gasteiger partial charge is 0.484 e. The second-order valence-corrected chi connectivity index (χ2v) is 5.75. The first-order valence-electron chi connectivity index (χ1n) is 6.53. The van der Waals surface area contributed by atoms with E-state index in [-0.39, 0.29) is 6.10 Å². The minimum Gasteiger partial charge on any atom is -0.484 e. The van der Waals surface area contributed by atoms with Gasteiger partial charge in [-0.1, -0.05) is 6.07 Å². The van der Waals surface area contributed by atoms with Crippen LogP contribution in [0.3, 0.4) is 0 Å². The number of aryl methyl sites for hydroxylation is 1. The Labute approximate surface area is 123 Å². The number of nitrogen functional groups attached to an aromatic ring is 1. The van der Waals surface area contributed by atoms with Crippen molar-refractivity contribution in [3.8, 4) is 5.75 Å². The molecule has 5 nitrogen and oxygen atoms in total. The zero-order valence-corrected chi connectivity index (χ0v) is 13.1. The second kappa shape index (κ2) is 6.09. The molecular formula is C14H20N4OS. The van der Waals surface area contributed by atoms with Crippen LogP contribution < -0.4 is 15.4 Å². The molecule has 0 aromatic carbocycles. The molecule has 2 aromatic rings. The number of ether oxygens (including phenoxy) is 1. The summed E-state index contributed by atoms with van der Waals surface area (Å²) in [5.41, 5.74) is 7.90. The van der Waals surface area contributed by atoms with E-state index in [0.29, 0.717) is 18.1 Å². The Hall–Kier alpha value is -1.82. The first-order chi connectivity index (χ1) is 9.47. The van der Waals surface area contributed by atoms with E-state index in [1.54, 1.807) is 0 Å². The van der Waals surface area contributed by atoms with Gasteiger partial charge in [0.2, 0.25) is 0 Å². The summed E-state index contributed by atoms with van der Waals surface area (Å²) in [5.74, 6) is 1.11. The molecular weight excluding hydrogens is 272 g/mol. The molecule has 108 valence electrons. The summed E-state index contributed by atoms with van der Waals surface area (Å²) in [5, 5.41) is 0.930. The third kappa shape index (κ3) is 3.39. The van der Waals surface area contributed by atoms with E-state index in [0.717, 1.165) is 16.4 Å². The molecule has 0 atom stereocenters. The first-order valence-corrected chi connectivity index (χ1v) is 7.30. The van der Waals surface area contributed by atoms with Gasteiger partial charge in [0.15, 0.2) is 16.6 Å². The zero-order chi connectivity index (χ0) is 14.7. The maximum absolute atomic E-state index is 5.88. The lowest BCUT2D eigenvalue weighted by Gasteiger charge is -2.19. The Morgan fingerprint density at radius 2 is 2.15 bits per heavy atom. The van der Waals surface area contributed by atoms with Gasteiger partial charge in [0, 0.05) is 12.7 Å². The Kier molecular flexibility index (Phi) is 4.44. The average Bonchev–Trinajstić information content (AvgIpc) is 2.70. The van der Waals surface area contributed by atoms with Crippen molar-refractivity contribution in [2.24, 2.45) is 0 Å². The monoisotopic (exact) mass is 292 g/mol. The quantitative estimate of drug-likeness (QED) is 0.918. The Balaban J connectivity index is 2.19. The average molecular weight is 292 g/mol. The van der Waals surface area contributed by atoms with Gasteiger partial charge in [-0.05, 0) is 44.4 Å². The van der Waals surface area contributed by atoms with Crippen molar-refractivity contribution in [1.29, 1.82) is 0 Å². The van der Waals surface area contributed by atoms with Crippen molar-refractivity contribution >= 4 is 22.4 Å². The summed E-state index contributed by atoms with van der Waals surface area (Å²) in [6.07, 6.45) is 0.0675. The van der Waals surface area contributed by atoms with Gasteiger partial charge in [-0.3, -0.25) is 4.98 Å². The second-order valence-electron chi connectivity index (χ2n) is 5.00. The third-order valence-electron chi connectivity index (χ3n) is 2.70. The van der Waals surface area contributed by atoms with Crippen molar-refractivity contribution in [3.63, 3.8) is 0 Å². The molecule has 0 unspecified atom stereocenters. The number of rotatable bonds is 5. The molecule has 6 heteroatoms. The minimum atomic E-state index is 0.0675. The van der Waals surface area contributed by atoms with E-state index in [4.69, 9.17) is 10.5 Å². The highest BCUT2D eigenvalue weighted by atomic mass is 32.1. The van der Waals surface area contributed by atoms with Gasteiger partial charge in [0.05, 0.1) is 18.3 Å². The number of nitrogens with zero attached hydrogens (tertiary/aromatic N) is 3. The molecule has 0 amide bonds. The van der Waals surface area contributed by atoms with Crippen molar-refractivity contribution in [2.45, 2.75) is 33.4 Å². The molecule has 0 aliphatic rings. The standard InChI is InChI=1S/C14H20N4OS/c1-9(2)19-12-13(15)17-20-14(12)18(4)8-11-7-5-6-10(3)16-11/h5-7,9H,8H2,1-4H3,(H2,15,17). The summed E-state index contributed by atoms with van der Waals surface area (Å²) in [4.78, 5) is 6.57. The van der Waals surface area contributed by atoms with Crippen LogP contribution in [0.2, 0.25) is 0 Å². The molecule has 0 aliphatic carbocycles. The Bertz CT molecular complexity index is 582. The number of nitrogens with two attached hydrogens (primary N) is 1. The normalized spacial score (nSPS) is 10.8. The highest BCUT2D eigenvalue weighted by Crippen LogP contribution is 2.38. The summed E-state index contributed by atoms with van der Waals surface area (Å²) in [7, 11) is 1.99. The molecule has 2 rings (SSSR count). The fourth-order valence-electron chi connectivity index (χ4n) is 1.88. The lowest BCUT2D eigenvalue weighted by atomic mass is 10.3. The van der Waals surface area contributed by atoms with Gasteiger partial charge in [0.25, 0.3) is 0 Å². The molecule has 0 aliphatic heterocycles. The smallest absolute Gasteiger partial charge is 0.198 e. The molecule has 0 bridgehead atoms. The zero-order valence-electron chi connectivity index (χ0n) is 12.3. The lowest BCUT2D eigenvalue weighted by Crippen LogP contribution is -2.18. The van der Waals surface area contributed by atoms with E-state index >= 15 is 0 Å². The van der Waals surface area contributed by atoms with Crippen LogP contribution >= 0.6 is 11.5 Å². The molecule has 0 saturated heterocycles. The molecule has 2 heterocycles. The summed E-state index contributed by atoms with van der Waals surface area (Å²) >= 11 is 1.35. The SMILES string of the molecule is Cc1cccc(CN(C)c2snc(N)c2OC(C)C)n1. The van der Waals surface area contributed by atoms with Crippen LogP contribution in [-0.2, 0) is 6.54 Å². The molecule has 0 fully saturated rings. The Morgan fingerprint density at radius 1 is 1.40 bits per heavy atom. The first kappa shape index (κ1) is 14.6. The van der Waals surface area contributed by atoms with E-state index in [2.05, 4.69) is 14.3 Å². The van der Waals surface area contributed by atoms with Crippen LogP contribution in [0.15, 0.2) is 18.2 Å². The molecule has 0 spiro atoms. The summed E-state index contributed by atoms with van der Waals surface area (Å²) in [6.45, 7) is 6.63. The van der Waals surface area contributed by atoms with E-state index in [1.807, 2.05) is 46.0 Å². The molecule has 2 N–H and O–H groups in total. The fourth-order valence-corrected chi connectivity index (χ4v) is 2.58. The number of hydrogen-bond donors (Lipinski definition) is 1. The maximum atomic E-state index is 5.88. The summed E-state index contributed by atoms with van der Waals surface area (Å²) in [6, 6.07) is 6.01. The fraction of sp³-hybridized carbons (Fsp3) is 0.429. The van der Waals surface area contributed by atoms with E-state index in [9.17, 15) is 0 Å². The maximum Gasteiger partial charge on any atom is 0.198 e. The molecule has 0 radical (unpaired) electrons. The van der Waals surface area contributed by atoms with Gasteiger partial charge in [0.1, 0.15) is 0 Å². The number of hydrogen-bond acceptors (Lipinski definition) is 6. The van der Waals surface area contributed by atoms with Crippen LogP contribution in [0.25, 0.3) is 0 Å². The molecule has 20 heavy (non-hydrogen) atoms. The van der Waals surface area contributed by atoms with Crippen molar-refractivity contribution in [2.75, 3.05) is 17.7 Å². The van der Waals surface area contributed by atoms with E-state index in [1.165, 1.54) is 11.5 Å². The molecule has 0 saturated carbocycles. The van der Waals surface area contributed by atoms with Gasteiger partial charge in [-0.25, -0.2) is 0 Å². The third-order valence-corrected chi connectivity index (χ3v) is 3.66. The minimum absolute atomic E-state index is 0.0675. The topological polar surface area (TPSA) is 64.3 Å². The predicted octanol–water partition coefficient (Wildman–Crippen LogP) is 2.85. The van der Waals surface area contributed by atoms with E-state index < -0.39 is 0 Å². The number of aromatic nitrogens is 2. The highest BCUT2D eigenvalue weighted by Gasteiger charge is 2.18. The molecule has 2 aromatic heterocycles. The van der Waals surface area contributed by atoms with Gasteiger partial charge >= 0.3 is 0 Å². The van der Waals surface area contributed by atoms with Crippen LogP contribution in [0, 0.1) is 6.92 Å². The van der Waals surface area contributed by atoms with Gasteiger partial charge < -0.3 is 15.4 Å². The van der Waals surface area contributed by atoms with Crippen molar-refractivity contribution in [1.82, 2.24) is 9.36 Å². The van der Waals surface area contributed by atoms with Crippen LogP contribution in [0.1, 0.15) is 25.2 Å². The van der Waals surface area contributed by atoms with Crippen LogP contribution in [0.4, 0.5) is 10.8 Å². The Morgan fingerprint density at radius 3 is 2.80 bits per heavy atom. The van der Waals surface area contributed by atoms with Crippen LogP contribution in [0.5, 0.6) is 5.75 Å². The van der Waals surface area contributed by atoms with Gasteiger partial charge in [-0.15, -0.1) is 0 Å². The lowest BCUT2D eigenvalue weighted by molar-refractivity contribution is 0.245. The highest BCUT2D eigenvalue weighted by molar-refractivity contribution is 7.11. The van der Waals surface area contributed by atoms with Crippen LogP contribution in [-0.4, -0.2) is 22.5 Å². The summed E-state index contributed by atoms with van der Waals surface area (Å²) < 4.78 is 9.94. The predicted molar refractivity (Wildman–Crippen MR) is 83.4 cm³/mol. The number of anilines is 2. The number of pyridine rings is 1. The van der Waals surface area contributed by atoms with Gasteiger partial charge in [-0.2, -0.15) is 4.37 Å².